The fraction of sp³-hybridized carbons (Fsp3) is 0.0625. The van der Waals surface area contributed by atoms with Gasteiger partial charge in [0.1, 0.15) is 23.3 Å². The van der Waals surface area contributed by atoms with Gasteiger partial charge in [-0.1, -0.05) is 48.5 Å². The molecule has 9 nitrogen and oxygen atoms in total. The fourth-order valence-electron chi connectivity index (χ4n) is 4.39. The Kier molecular flexibility index (Phi) is 8.54. The fourth-order valence-corrected chi connectivity index (χ4v) is 4.39. The Bertz CT molecular complexity index is 1970. The summed E-state index contributed by atoms with van der Waals surface area (Å²) < 4.78 is 37.9. The number of nitrogens with zero attached hydrogens (tertiary/aromatic N) is 2. The van der Waals surface area contributed by atoms with Crippen LogP contribution in [0.3, 0.4) is 0 Å². The van der Waals surface area contributed by atoms with Crippen LogP contribution in [0.5, 0.6) is 0 Å². The van der Waals surface area contributed by atoms with E-state index in [9.17, 15) is 18.0 Å². The third kappa shape index (κ3) is 6.82. The number of halogens is 3. The minimum Gasteiger partial charge on any atom is -0.475 e. The molecule has 222 valence electrons. The van der Waals surface area contributed by atoms with Gasteiger partial charge >= 0.3 is 12.1 Å². The average molecular weight is 600 g/mol. The van der Waals surface area contributed by atoms with Crippen molar-refractivity contribution in [3.05, 3.63) is 115 Å². The van der Waals surface area contributed by atoms with E-state index in [1.807, 2.05) is 72.8 Å². The predicted molar refractivity (Wildman–Crippen MR) is 160 cm³/mol. The summed E-state index contributed by atoms with van der Waals surface area (Å²) in [4.78, 5) is 30.5. The van der Waals surface area contributed by atoms with Gasteiger partial charge in [-0.05, 0) is 48.0 Å². The van der Waals surface area contributed by atoms with E-state index in [4.69, 9.17) is 20.1 Å². The first-order valence-electron chi connectivity index (χ1n) is 13.1. The van der Waals surface area contributed by atoms with Crippen LogP contribution >= 0.6 is 0 Å². The van der Waals surface area contributed by atoms with Crippen molar-refractivity contribution in [3.8, 4) is 11.3 Å². The van der Waals surface area contributed by atoms with E-state index in [0.29, 0.717) is 23.6 Å². The van der Waals surface area contributed by atoms with Crippen molar-refractivity contribution in [2.45, 2.75) is 12.7 Å². The molecule has 0 saturated heterocycles. The lowest BCUT2D eigenvalue weighted by atomic mass is 10.1. The highest BCUT2D eigenvalue weighted by Gasteiger charge is 2.38. The Morgan fingerprint density at radius 1 is 0.841 bits per heavy atom. The molecule has 0 unspecified atom stereocenters. The number of para-hydroxylation sites is 2. The molecule has 4 aromatic carbocycles. The van der Waals surface area contributed by atoms with Crippen molar-refractivity contribution in [3.63, 3.8) is 0 Å². The SMILES string of the molecule is NCc1cccc(C(=O)Nc2cccc(Nc3cc(-c4cccc5c4oc4ccccc45)ncn3)c2)c1.O=C(O)C(F)(F)F. The van der Waals surface area contributed by atoms with Crippen LogP contribution in [-0.2, 0) is 11.3 Å². The molecule has 6 rings (SSSR count). The zero-order valence-electron chi connectivity index (χ0n) is 22.8. The zero-order chi connectivity index (χ0) is 31.3. The van der Waals surface area contributed by atoms with Crippen molar-refractivity contribution in [1.29, 1.82) is 0 Å². The first-order valence-corrected chi connectivity index (χ1v) is 13.1. The van der Waals surface area contributed by atoms with Gasteiger partial charge in [0.05, 0.1) is 5.69 Å². The lowest BCUT2D eigenvalue weighted by Crippen LogP contribution is -2.21. The number of hydrogen-bond donors (Lipinski definition) is 4. The average Bonchev–Trinajstić information content (AvgIpc) is 3.40. The maximum atomic E-state index is 12.7. The molecule has 5 N–H and O–H groups in total. The Labute approximate surface area is 248 Å². The number of carbonyl (C=O) groups excluding carboxylic acids is 1. The molecule has 0 spiro atoms. The molecule has 0 aliphatic rings. The number of carbonyl (C=O) groups is 2. The number of anilines is 3. The first kappa shape index (κ1) is 29.7. The lowest BCUT2D eigenvalue weighted by molar-refractivity contribution is -0.192. The van der Waals surface area contributed by atoms with Crippen molar-refractivity contribution in [2.24, 2.45) is 5.73 Å². The number of aliphatic carboxylic acids is 1. The maximum absolute atomic E-state index is 12.7. The van der Waals surface area contributed by atoms with Gasteiger partial charge < -0.3 is 25.9 Å². The molecule has 0 saturated carbocycles. The molecule has 44 heavy (non-hydrogen) atoms. The number of benzene rings is 4. The van der Waals surface area contributed by atoms with Crippen LogP contribution in [0.4, 0.5) is 30.4 Å². The Hall–Kier alpha value is -5.75. The van der Waals surface area contributed by atoms with E-state index < -0.39 is 12.1 Å². The van der Waals surface area contributed by atoms with Gasteiger partial charge in [-0.2, -0.15) is 13.2 Å². The summed E-state index contributed by atoms with van der Waals surface area (Å²) in [5.74, 6) is -2.33. The quantitative estimate of drug-likeness (QED) is 0.158. The summed E-state index contributed by atoms with van der Waals surface area (Å²) in [6.07, 6.45) is -3.56. The molecule has 0 radical (unpaired) electrons. The van der Waals surface area contributed by atoms with Crippen molar-refractivity contribution >= 4 is 51.0 Å². The molecule has 2 heterocycles. The lowest BCUT2D eigenvalue weighted by Gasteiger charge is -2.10. The third-order valence-electron chi connectivity index (χ3n) is 6.41. The van der Waals surface area contributed by atoms with Crippen LogP contribution in [0.15, 0.2) is 108 Å². The highest BCUT2D eigenvalue weighted by atomic mass is 19.4. The van der Waals surface area contributed by atoms with E-state index in [-0.39, 0.29) is 5.91 Å². The molecule has 2 aromatic heterocycles. The van der Waals surface area contributed by atoms with Crippen LogP contribution in [0.2, 0.25) is 0 Å². The summed E-state index contributed by atoms with van der Waals surface area (Å²) in [5, 5.41) is 15.5. The number of amides is 1. The second kappa shape index (κ2) is 12.6. The number of fused-ring (bicyclic) bond motifs is 3. The van der Waals surface area contributed by atoms with Crippen LogP contribution in [0.25, 0.3) is 33.2 Å². The predicted octanol–water partition coefficient (Wildman–Crippen LogP) is 7.13. The molecule has 6 aromatic rings. The van der Waals surface area contributed by atoms with Gasteiger partial charge in [0, 0.05) is 45.9 Å². The van der Waals surface area contributed by atoms with Gasteiger partial charge in [0.15, 0.2) is 0 Å². The molecule has 12 heteroatoms. The minimum absolute atomic E-state index is 0.198. The standard InChI is InChI=1S/C30H23N5O2.C2HF3O2/c31-17-19-6-3-7-20(14-19)30(36)35-22-9-4-8-21(15-22)34-28-16-26(32-18-33-28)25-12-5-11-24-23-10-1-2-13-27(23)37-29(24)25;3-2(4,5)1(6)7/h1-16,18H,17,31H2,(H,35,36)(H,32,33,34);(H,6,7). The van der Waals surface area contributed by atoms with Gasteiger partial charge in [-0.3, -0.25) is 4.79 Å². The Morgan fingerprint density at radius 2 is 1.55 bits per heavy atom. The summed E-state index contributed by atoms with van der Waals surface area (Å²) in [5.41, 5.74) is 11.9. The molecular weight excluding hydrogens is 575 g/mol. The topological polar surface area (TPSA) is 143 Å². The van der Waals surface area contributed by atoms with Gasteiger partial charge in [0.2, 0.25) is 0 Å². The number of rotatable bonds is 6. The monoisotopic (exact) mass is 599 g/mol. The molecule has 0 bridgehead atoms. The third-order valence-corrected chi connectivity index (χ3v) is 6.41. The second-order valence-electron chi connectivity index (χ2n) is 9.44. The van der Waals surface area contributed by atoms with Gasteiger partial charge in [-0.15, -0.1) is 0 Å². The number of alkyl halides is 3. The van der Waals surface area contributed by atoms with Gasteiger partial charge in [0.25, 0.3) is 5.91 Å². The summed E-state index contributed by atoms with van der Waals surface area (Å²) in [7, 11) is 0. The largest absolute Gasteiger partial charge is 0.490 e. The van der Waals surface area contributed by atoms with Crippen LogP contribution in [0.1, 0.15) is 15.9 Å². The number of nitrogens with one attached hydrogen (secondary N) is 2. The number of nitrogens with two attached hydrogens (primary N) is 1. The smallest absolute Gasteiger partial charge is 0.475 e. The maximum Gasteiger partial charge on any atom is 0.490 e. The van der Waals surface area contributed by atoms with Crippen LogP contribution in [-0.4, -0.2) is 33.1 Å². The first-order chi connectivity index (χ1) is 21.1. The van der Waals surface area contributed by atoms with E-state index in [1.165, 1.54) is 6.33 Å². The Balaban J connectivity index is 0.000000493. The summed E-state index contributed by atoms with van der Waals surface area (Å²) in [6, 6.07) is 30.7. The molecule has 0 fully saturated rings. The molecule has 1 amide bonds. The number of furan rings is 1. The molecule has 0 atom stereocenters. The number of aromatic nitrogens is 2. The summed E-state index contributed by atoms with van der Waals surface area (Å²) >= 11 is 0. The van der Waals surface area contributed by atoms with Crippen LogP contribution < -0.4 is 16.4 Å². The van der Waals surface area contributed by atoms with Crippen LogP contribution in [0, 0.1) is 0 Å². The van der Waals surface area contributed by atoms with E-state index in [1.54, 1.807) is 12.1 Å². The van der Waals surface area contributed by atoms with E-state index >= 15 is 0 Å². The van der Waals surface area contributed by atoms with Crippen molar-refractivity contribution in [2.75, 3.05) is 10.6 Å². The Morgan fingerprint density at radius 3 is 2.32 bits per heavy atom. The van der Waals surface area contributed by atoms with E-state index in [2.05, 4.69) is 32.7 Å². The zero-order valence-corrected chi connectivity index (χ0v) is 22.8. The number of carboxylic acids is 1. The second-order valence-corrected chi connectivity index (χ2v) is 9.44. The van der Waals surface area contributed by atoms with E-state index in [0.717, 1.165) is 44.4 Å². The van der Waals surface area contributed by atoms with Crippen molar-refractivity contribution in [1.82, 2.24) is 9.97 Å². The highest BCUT2D eigenvalue weighted by Crippen LogP contribution is 2.35. The molecular formula is C32H24F3N5O4. The highest BCUT2D eigenvalue weighted by molar-refractivity contribution is 6.09. The number of carboxylic acid groups (broad SMARTS) is 1. The molecule has 0 aliphatic carbocycles. The number of hydrogen-bond acceptors (Lipinski definition) is 7. The molecule has 0 aliphatic heterocycles. The minimum atomic E-state index is -5.08. The van der Waals surface area contributed by atoms with Crippen molar-refractivity contribution < 1.29 is 32.3 Å². The normalized spacial score (nSPS) is 11.1. The van der Waals surface area contributed by atoms with Gasteiger partial charge in [-0.25, -0.2) is 14.8 Å². The summed E-state index contributed by atoms with van der Waals surface area (Å²) in [6.45, 7) is 0.381.